The molecule has 1 N–H and O–H groups in total. The molecule has 1 saturated heterocycles. The van der Waals surface area contributed by atoms with Crippen LogP contribution in [0.4, 0.5) is 0 Å². The molecule has 3 aliphatic carbocycles. The summed E-state index contributed by atoms with van der Waals surface area (Å²) in [5.41, 5.74) is 0.619. The second-order valence-electron chi connectivity index (χ2n) is 5.87. The Morgan fingerprint density at radius 3 is 2.46 bits per heavy atom. The lowest BCUT2D eigenvalue weighted by Gasteiger charge is -2.70. The molecule has 4 rings (SSSR count). The molecular formula is C11H17NO. The molecule has 0 spiro atoms. The molecule has 0 unspecified atom stereocenters. The molecule has 0 radical (unpaired) electrons. The molecule has 4 aliphatic rings. The Bertz CT molecular complexity index is 296. The summed E-state index contributed by atoms with van der Waals surface area (Å²) in [7, 11) is 0. The van der Waals surface area contributed by atoms with Gasteiger partial charge in [0.05, 0.1) is 11.5 Å². The summed E-state index contributed by atoms with van der Waals surface area (Å²) in [4.78, 5) is 11.3. The molecule has 3 saturated carbocycles. The minimum Gasteiger partial charge on any atom is -0.350 e. The fourth-order valence-electron chi connectivity index (χ4n) is 4.03. The quantitative estimate of drug-likeness (QED) is 0.562. The van der Waals surface area contributed by atoms with E-state index in [2.05, 4.69) is 26.1 Å². The van der Waals surface area contributed by atoms with Crippen molar-refractivity contribution < 1.29 is 4.79 Å². The van der Waals surface area contributed by atoms with Gasteiger partial charge in [-0.25, -0.2) is 0 Å². The third-order valence-electron chi connectivity index (χ3n) is 5.15. The zero-order valence-corrected chi connectivity index (χ0v) is 8.55. The molecule has 0 aromatic rings. The van der Waals surface area contributed by atoms with Crippen LogP contribution in [0, 0.1) is 23.2 Å². The highest BCUT2D eigenvalue weighted by molar-refractivity contribution is 5.88. The molecule has 1 aliphatic heterocycles. The van der Waals surface area contributed by atoms with Crippen molar-refractivity contribution >= 4 is 5.91 Å². The van der Waals surface area contributed by atoms with E-state index in [9.17, 15) is 4.79 Å². The fourth-order valence-corrected chi connectivity index (χ4v) is 4.03. The highest BCUT2D eigenvalue weighted by Gasteiger charge is 2.69. The predicted octanol–water partition coefficient (Wildman–Crippen LogP) is 1.56. The van der Waals surface area contributed by atoms with Crippen LogP contribution < -0.4 is 5.32 Å². The van der Waals surface area contributed by atoms with Crippen LogP contribution in [0.25, 0.3) is 0 Å². The lowest BCUT2D eigenvalue weighted by molar-refractivity contribution is -0.197. The van der Waals surface area contributed by atoms with Crippen molar-refractivity contribution in [2.45, 2.75) is 39.2 Å². The Labute approximate surface area is 79.1 Å². The Kier molecular flexibility index (Phi) is 1.08. The van der Waals surface area contributed by atoms with E-state index in [1.165, 1.54) is 6.42 Å². The smallest absolute Gasteiger partial charge is 0.225 e. The van der Waals surface area contributed by atoms with E-state index in [0.717, 1.165) is 18.3 Å². The Balaban J connectivity index is 1.97. The van der Waals surface area contributed by atoms with Gasteiger partial charge in [0.1, 0.15) is 0 Å². The molecule has 4 atom stereocenters. The highest BCUT2D eigenvalue weighted by atomic mass is 16.2. The van der Waals surface area contributed by atoms with Crippen molar-refractivity contribution in [2.75, 3.05) is 0 Å². The van der Waals surface area contributed by atoms with Gasteiger partial charge in [-0.3, -0.25) is 4.79 Å². The van der Waals surface area contributed by atoms with E-state index < -0.39 is 0 Å². The molecule has 2 heteroatoms. The number of nitrogens with one attached hydrogen (secondary N) is 1. The van der Waals surface area contributed by atoms with Gasteiger partial charge in [0.2, 0.25) is 5.91 Å². The van der Waals surface area contributed by atoms with Gasteiger partial charge in [-0.05, 0) is 37.0 Å². The van der Waals surface area contributed by atoms with Gasteiger partial charge in [0.15, 0.2) is 0 Å². The average Bonchev–Trinajstić information content (AvgIpc) is 2.01. The summed E-state index contributed by atoms with van der Waals surface area (Å²) in [5.74, 6) is 2.17. The van der Waals surface area contributed by atoms with Gasteiger partial charge < -0.3 is 5.32 Å². The number of amides is 1. The second kappa shape index (κ2) is 1.79. The van der Waals surface area contributed by atoms with Crippen molar-refractivity contribution in [1.82, 2.24) is 5.32 Å². The van der Waals surface area contributed by atoms with Crippen molar-refractivity contribution in [3.05, 3.63) is 0 Å². The first-order chi connectivity index (χ1) is 5.96. The number of carbonyl (C=O) groups is 1. The molecule has 0 aromatic heterocycles. The number of hydrogen-bond donors (Lipinski definition) is 1. The van der Waals surface area contributed by atoms with Crippen LogP contribution >= 0.6 is 0 Å². The summed E-state index contributed by atoms with van der Waals surface area (Å²) in [6.45, 7) is 6.95. The van der Waals surface area contributed by atoms with Crippen molar-refractivity contribution in [1.29, 1.82) is 0 Å². The highest BCUT2D eigenvalue weighted by Crippen LogP contribution is 2.66. The van der Waals surface area contributed by atoms with Gasteiger partial charge in [0.25, 0.3) is 0 Å². The van der Waals surface area contributed by atoms with Crippen molar-refractivity contribution in [3.8, 4) is 0 Å². The summed E-state index contributed by atoms with van der Waals surface area (Å²) in [6, 6.07) is 0. The fraction of sp³-hybridized carbons (Fsp3) is 0.909. The Morgan fingerprint density at radius 2 is 2.00 bits per heavy atom. The first-order valence-corrected chi connectivity index (χ1v) is 5.28. The average molecular weight is 179 g/mol. The van der Waals surface area contributed by atoms with Gasteiger partial charge in [0, 0.05) is 0 Å². The van der Waals surface area contributed by atoms with Gasteiger partial charge in [-0.15, -0.1) is 0 Å². The molecule has 1 amide bonds. The number of β-lactam (4-membered cyclic amide) rings is 1. The van der Waals surface area contributed by atoms with Gasteiger partial charge >= 0.3 is 0 Å². The van der Waals surface area contributed by atoms with E-state index in [1.807, 2.05) is 0 Å². The summed E-state index contributed by atoms with van der Waals surface area (Å²) in [6.07, 6.45) is 2.46. The zero-order chi connectivity index (χ0) is 9.43. The summed E-state index contributed by atoms with van der Waals surface area (Å²) in [5, 5.41) is 3.13. The van der Waals surface area contributed by atoms with Crippen LogP contribution in [0.2, 0.25) is 0 Å². The maximum absolute atomic E-state index is 11.3. The van der Waals surface area contributed by atoms with Gasteiger partial charge in [-0.1, -0.05) is 13.8 Å². The SMILES string of the molecule is CC1(C)[C@H]2C[C@@H]3C(=O)N[C@]3(C)[C@@H]1C2. The molecule has 72 valence electrons. The predicted molar refractivity (Wildman–Crippen MR) is 50.0 cm³/mol. The van der Waals surface area contributed by atoms with Crippen LogP contribution in [0.3, 0.4) is 0 Å². The lowest BCUT2D eigenvalue weighted by atomic mass is 9.39. The lowest BCUT2D eigenvalue weighted by Crippen LogP contribution is -2.80. The first kappa shape index (κ1) is 7.84. The van der Waals surface area contributed by atoms with E-state index in [0.29, 0.717) is 17.2 Å². The molecule has 4 fully saturated rings. The Hall–Kier alpha value is -0.530. The van der Waals surface area contributed by atoms with Crippen LogP contribution in [0.15, 0.2) is 0 Å². The maximum Gasteiger partial charge on any atom is 0.225 e. The van der Waals surface area contributed by atoms with E-state index in [4.69, 9.17) is 0 Å². The topological polar surface area (TPSA) is 29.1 Å². The van der Waals surface area contributed by atoms with Crippen LogP contribution in [-0.2, 0) is 4.79 Å². The number of hydrogen-bond acceptors (Lipinski definition) is 1. The molecule has 13 heavy (non-hydrogen) atoms. The maximum atomic E-state index is 11.3. The number of rotatable bonds is 0. The van der Waals surface area contributed by atoms with E-state index in [-0.39, 0.29) is 5.54 Å². The summed E-state index contributed by atoms with van der Waals surface area (Å²) < 4.78 is 0. The molecule has 2 bridgehead atoms. The third kappa shape index (κ3) is 0.628. The second-order valence-corrected chi connectivity index (χ2v) is 5.87. The monoisotopic (exact) mass is 179 g/mol. The van der Waals surface area contributed by atoms with Crippen LogP contribution in [0.5, 0.6) is 0 Å². The van der Waals surface area contributed by atoms with Gasteiger partial charge in [-0.2, -0.15) is 0 Å². The number of carbonyl (C=O) groups excluding carboxylic acids is 1. The molecule has 1 heterocycles. The van der Waals surface area contributed by atoms with Crippen molar-refractivity contribution in [3.63, 3.8) is 0 Å². The molecule has 0 aromatic carbocycles. The van der Waals surface area contributed by atoms with Crippen molar-refractivity contribution in [2.24, 2.45) is 23.2 Å². The Morgan fingerprint density at radius 1 is 1.31 bits per heavy atom. The molecular weight excluding hydrogens is 162 g/mol. The first-order valence-electron chi connectivity index (χ1n) is 5.28. The molecule has 2 nitrogen and oxygen atoms in total. The minimum absolute atomic E-state index is 0.148. The van der Waals surface area contributed by atoms with E-state index >= 15 is 0 Å². The zero-order valence-electron chi connectivity index (χ0n) is 8.55. The normalized spacial score (nSPS) is 55.6. The standard InChI is InChI=1S/C11H17NO/c1-10(2)6-4-7-9(13)12-11(7,3)8(10)5-6/h6-8H,4-5H2,1-3H3,(H,12,13)/t6-,7+,8+,11-/m0/s1. The third-order valence-corrected chi connectivity index (χ3v) is 5.15. The largest absolute Gasteiger partial charge is 0.350 e. The van der Waals surface area contributed by atoms with Crippen LogP contribution in [-0.4, -0.2) is 11.4 Å². The van der Waals surface area contributed by atoms with Crippen LogP contribution in [0.1, 0.15) is 33.6 Å². The van der Waals surface area contributed by atoms with E-state index in [1.54, 1.807) is 0 Å². The minimum atomic E-state index is 0.148. The summed E-state index contributed by atoms with van der Waals surface area (Å²) >= 11 is 0.